The standard InChI is InChI=1S/C38H53N5O6/c1-6-24(17-33(44)45)26-14-28(15-26)42(20-23-8-7-9-23)21-27-16-31(35-34(27)48-38(2,3)49-35)43-13-12-30-36(40-22-41-37(30)43)39-19-25-10-11-29(46-4)18-32(25)47-5/h10-13,18,22-24,26-28,31,34-35H,6-9,14-17,19-21H2,1-5H3,(H,44,45)(H,39,40,41)/t24?,26?,27-,28?,31-,34-,35+/m1/s1. The van der Waals surface area contributed by atoms with Crippen LogP contribution in [0.25, 0.3) is 11.0 Å². The lowest BCUT2D eigenvalue weighted by Gasteiger charge is -2.48. The molecular formula is C38H53N5O6. The van der Waals surface area contributed by atoms with Crippen molar-refractivity contribution in [2.75, 3.05) is 32.6 Å². The Kier molecular flexibility index (Phi) is 9.78. The van der Waals surface area contributed by atoms with Gasteiger partial charge in [-0.05, 0) is 81.9 Å². The predicted molar refractivity (Wildman–Crippen MR) is 187 cm³/mol. The van der Waals surface area contributed by atoms with Crippen LogP contribution in [0.1, 0.15) is 83.7 Å². The van der Waals surface area contributed by atoms with Gasteiger partial charge in [-0.2, -0.15) is 0 Å². The van der Waals surface area contributed by atoms with Crippen LogP contribution in [0.15, 0.2) is 36.8 Å². The summed E-state index contributed by atoms with van der Waals surface area (Å²) < 4.78 is 26.6. The van der Waals surface area contributed by atoms with Crippen molar-refractivity contribution in [3.8, 4) is 11.5 Å². The van der Waals surface area contributed by atoms with Crippen LogP contribution in [0.4, 0.5) is 5.82 Å². The molecule has 0 bridgehead atoms. The molecule has 2 aromatic heterocycles. The number of aromatic nitrogens is 3. The zero-order chi connectivity index (χ0) is 34.3. The number of methoxy groups -OCH3 is 2. The number of nitrogens with one attached hydrogen (secondary N) is 1. The van der Waals surface area contributed by atoms with Crippen LogP contribution in [0.5, 0.6) is 11.5 Å². The van der Waals surface area contributed by atoms with Gasteiger partial charge in [-0.25, -0.2) is 9.97 Å². The number of benzene rings is 1. The van der Waals surface area contributed by atoms with Crippen molar-refractivity contribution < 1.29 is 28.8 Å². The molecule has 49 heavy (non-hydrogen) atoms. The Balaban J connectivity index is 1.09. The van der Waals surface area contributed by atoms with Gasteiger partial charge in [0, 0.05) is 55.8 Å². The van der Waals surface area contributed by atoms with Crippen LogP contribution in [0.3, 0.4) is 0 Å². The summed E-state index contributed by atoms with van der Waals surface area (Å²) in [5, 5.41) is 14.0. The van der Waals surface area contributed by atoms with Crippen LogP contribution < -0.4 is 14.8 Å². The molecule has 3 aliphatic carbocycles. The Labute approximate surface area is 289 Å². The smallest absolute Gasteiger partial charge is 0.303 e. The molecule has 1 saturated heterocycles. The van der Waals surface area contributed by atoms with Gasteiger partial charge in [0.05, 0.1) is 31.8 Å². The van der Waals surface area contributed by atoms with E-state index in [1.54, 1.807) is 20.5 Å². The topological polar surface area (TPSA) is 120 Å². The Morgan fingerprint density at radius 3 is 2.59 bits per heavy atom. The van der Waals surface area contributed by atoms with E-state index in [9.17, 15) is 9.90 Å². The van der Waals surface area contributed by atoms with E-state index in [0.29, 0.717) is 24.4 Å². The quantitative estimate of drug-likeness (QED) is 0.184. The minimum atomic E-state index is -0.672. The predicted octanol–water partition coefficient (Wildman–Crippen LogP) is 6.52. The van der Waals surface area contributed by atoms with Gasteiger partial charge >= 0.3 is 5.97 Å². The lowest BCUT2D eigenvalue weighted by atomic mass is 9.69. The molecule has 1 aliphatic heterocycles. The molecule has 7 rings (SSSR count). The fourth-order valence-corrected chi connectivity index (χ4v) is 8.93. The highest BCUT2D eigenvalue weighted by atomic mass is 16.8. The average molecular weight is 676 g/mol. The molecule has 4 fully saturated rings. The van der Waals surface area contributed by atoms with Crippen molar-refractivity contribution in [1.29, 1.82) is 0 Å². The second-order valence-electron chi connectivity index (χ2n) is 15.2. The first-order chi connectivity index (χ1) is 23.7. The van der Waals surface area contributed by atoms with Crippen molar-refractivity contribution in [2.45, 2.75) is 109 Å². The Morgan fingerprint density at radius 2 is 1.90 bits per heavy atom. The first-order valence-electron chi connectivity index (χ1n) is 18.2. The van der Waals surface area contributed by atoms with E-state index in [-0.39, 0.29) is 30.6 Å². The van der Waals surface area contributed by atoms with Crippen molar-refractivity contribution in [2.24, 2.45) is 23.7 Å². The van der Waals surface area contributed by atoms with Crippen molar-refractivity contribution in [3.05, 3.63) is 42.4 Å². The first kappa shape index (κ1) is 34.1. The average Bonchev–Trinajstić information content (AvgIpc) is 3.71. The summed E-state index contributed by atoms with van der Waals surface area (Å²) in [7, 11) is 3.31. The molecule has 266 valence electrons. The van der Waals surface area contributed by atoms with Crippen LogP contribution in [-0.4, -0.2) is 81.9 Å². The van der Waals surface area contributed by atoms with Crippen LogP contribution in [0.2, 0.25) is 0 Å². The summed E-state index contributed by atoms with van der Waals surface area (Å²) in [6.45, 7) is 8.84. The molecule has 3 saturated carbocycles. The molecule has 4 aliphatic rings. The molecule has 3 heterocycles. The molecule has 0 radical (unpaired) electrons. The Hall–Kier alpha value is -3.41. The summed E-state index contributed by atoms with van der Waals surface area (Å²) in [5.41, 5.74) is 1.89. The first-order valence-corrected chi connectivity index (χ1v) is 18.2. The summed E-state index contributed by atoms with van der Waals surface area (Å²) in [4.78, 5) is 23.7. The van der Waals surface area contributed by atoms with Gasteiger partial charge in [-0.1, -0.05) is 19.8 Å². The molecule has 1 unspecified atom stereocenters. The van der Waals surface area contributed by atoms with E-state index in [1.165, 1.54) is 19.3 Å². The zero-order valence-electron chi connectivity index (χ0n) is 29.6. The molecular weight excluding hydrogens is 622 g/mol. The number of carboxylic acids is 1. The van der Waals surface area contributed by atoms with Crippen LogP contribution >= 0.6 is 0 Å². The number of aliphatic carboxylic acids is 1. The number of ether oxygens (including phenoxy) is 4. The zero-order valence-corrected chi connectivity index (χ0v) is 29.6. The minimum absolute atomic E-state index is 0.00501. The monoisotopic (exact) mass is 675 g/mol. The van der Waals surface area contributed by atoms with Gasteiger partial charge in [0.15, 0.2) is 5.79 Å². The molecule has 3 aromatic rings. The highest BCUT2D eigenvalue weighted by molar-refractivity contribution is 5.87. The van der Waals surface area contributed by atoms with Gasteiger partial charge in [-0.15, -0.1) is 0 Å². The number of hydrogen-bond acceptors (Lipinski definition) is 9. The highest BCUT2D eigenvalue weighted by Crippen LogP contribution is 2.49. The molecule has 11 nitrogen and oxygen atoms in total. The summed E-state index contributed by atoms with van der Waals surface area (Å²) >= 11 is 0. The number of fused-ring (bicyclic) bond motifs is 2. The number of nitrogens with zero attached hydrogens (tertiary/aromatic N) is 4. The van der Waals surface area contributed by atoms with E-state index in [0.717, 1.165) is 78.6 Å². The number of carboxylic acid groups (broad SMARTS) is 1. The van der Waals surface area contributed by atoms with Crippen molar-refractivity contribution in [1.82, 2.24) is 19.4 Å². The molecule has 11 heteroatoms. The molecule has 1 aromatic carbocycles. The maximum absolute atomic E-state index is 11.5. The minimum Gasteiger partial charge on any atom is -0.497 e. The largest absolute Gasteiger partial charge is 0.497 e. The van der Waals surface area contributed by atoms with Crippen LogP contribution in [-0.2, 0) is 20.8 Å². The summed E-state index contributed by atoms with van der Waals surface area (Å²) in [5.74, 6) is 2.81. The van der Waals surface area contributed by atoms with Gasteiger partial charge < -0.3 is 33.9 Å². The molecule has 5 atom stereocenters. The van der Waals surface area contributed by atoms with E-state index >= 15 is 0 Å². The SMILES string of the molecule is CCC(CC(=O)O)C1CC(N(CC2CCC2)C[C@H]2C[C@@H](n3ccc4c(NCc5ccc(OC)cc5OC)ncnc43)[C@@H]3OC(C)(C)O[C@H]23)C1. The number of carbonyl (C=O) groups is 1. The third-order valence-electron chi connectivity index (χ3n) is 11.8. The third kappa shape index (κ3) is 6.99. The molecule has 2 N–H and O–H groups in total. The lowest BCUT2D eigenvalue weighted by molar-refractivity contribution is -0.161. The molecule has 0 spiro atoms. The Morgan fingerprint density at radius 1 is 1.10 bits per heavy atom. The van der Waals surface area contributed by atoms with Gasteiger partial charge in [-0.3, -0.25) is 9.69 Å². The van der Waals surface area contributed by atoms with Gasteiger partial charge in [0.25, 0.3) is 0 Å². The fraction of sp³-hybridized carbons (Fsp3) is 0.658. The second-order valence-corrected chi connectivity index (χ2v) is 15.2. The van der Waals surface area contributed by atoms with E-state index in [2.05, 4.69) is 39.0 Å². The number of hydrogen-bond donors (Lipinski definition) is 2. The van der Waals surface area contributed by atoms with Crippen LogP contribution in [0, 0.1) is 23.7 Å². The normalized spacial score (nSPS) is 28.2. The van der Waals surface area contributed by atoms with Gasteiger partial charge in [0.1, 0.15) is 35.4 Å². The maximum atomic E-state index is 11.5. The molecule has 0 amide bonds. The highest BCUT2D eigenvalue weighted by Gasteiger charge is 2.55. The third-order valence-corrected chi connectivity index (χ3v) is 11.8. The Bertz CT molecular complexity index is 1620. The fourth-order valence-electron chi connectivity index (χ4n) is 8.93. The second kappa shape index (κ2) is 14.1. The summed E-state index contributed by atoms with van der Waals surface area (Å²) in [6.07, 6.45) is 12.0. The maximum Gasteiger partial charge on any atom is 0.303 e. The van der Waals surface area contributed by atoms with Crippen molar-refractivity contribution >= 4 is 22.8 Å². The van der Waals surface area contributed by atoms with E-state index in [4.69, 9.17) is 23.9 Å². The van der Waals surface area contributed by atoms with Crippen molar-refractivity contribution in [3.63, 3.8) is 0 Å². The van der Waals surface area contributed by atoms with E-state index < -0.39 is 11.8 Å². The number of rotatable bonds is 15. The van der Waals surface area contributed by atoms with Gasteiger partial charge in [0.2, 0.25) is 0 Å². The van der Waals surface area contributed by atoms with E-state index in [1.807, 2.05) is 32.0 Å². The summed E-state index contributed by atoms with van der Waals surface area (Å²) in [6, 6.07) is 8.52. The number of anilines is 1. The lowest BCUT2D eigenvalue weighted by Crippen LogP contribution is -2.51.